The van der Waals surface area contributed by atoms with Crippen molar-refractivity contribution in [2.24, 2.45) is 17.6 Å². The molecular weight excluding hydrogens is 344 g/mol. The molecule has 2 N–H and O–H groups in total. The van der Waals surface area contributed by atoms with Crippen LogP contribution in [-0.4, -0.2) is 15.0 Å². The Balaban J connectivity index is 2.26. The summed E-state index contributed by atoms with van der Waals surface area (Å²) in [6.07, 6.45) is 13.2. The maximum atomic E-state index is 7.17. The zero-order valence-electron chi connectivity index (χ0n) is 18.7. The standard InChI is InChI=1S/C24H42N4/c1-5-9-13-20(7-3)17-18-24(25,19-21(8-4)14-10-6-2)28-23-16-12-11-15-22(23)26-27-28/h11-12,15-16,20-21H,5-10,13-14,17-19,25H2,1-4H3. The first-order chi connectivity index (χ1) is 13.6. The molecule has 0 saturated carbocycles. The minimum atomic E-state index is -0.454. The second-order valence-electron chi connectivity index (χ2n) is 8.67. The van der Waals surface area contributed by atoms with E-state index in [-0.39, 0.29) is 0 Å². The summed E-state index contributed by atoms with van der Waals surface area (Å²) in [7, 11) is 0. The fourth-order valence-corrected chi connectivity index (χ4v) is 4.43. The number of unbranched alkanes of at least 4 members (excludes halogenated alkanes) is 2. The van der Waals surface area contributed by atoms with Gasteiger partial charge in [0.05, 0.1) is 5.52 Å². The number of benzene rings is 1. The number of para-hydroxylation sites is 1. The van der Waals surface area contributed by atoms with Crippen molar-refractivity contribution in [3.63, 3.8) is 0 Å². The van der Waals surface area contributed by atoms with Gasteiger partial charge in [-0.05, 0) is 43.2 Å². The van der Waals surface area contributed by atoms with E-state index in [2.05, 4.69) is 50.1 Å². The molecule has 4 nitrogen and oxygen atoms in total. The first-order valence-corrected chi connectivity index (χ1v) is 11.7. The summed E-state index contributed by atoms with van der Waals surface area (Å²) in [6, 6.07) is 8.22. The summed E-state index contributed by atoms with van der Waals surface area (Å²) >= 11 is 0. The third-order valence-electron chi connectivity index (χ3n) is 6.49. The summed E-state index contributed by atoms with van der Waals surface area (Å²) in [6.45, 7) is 9.17. The van der Waals surface area contributed by atoms with Gasteiger partial charge >= 0.3 is 0 Å². The third kappa shape index (κ3) is 6.04. The van der Waals surface area contributed by atoms with Gasteiger partial charge in [-0.25, -0.2) is 4.68 Å². The molecule has 2 rings (SSSR count). The Morgan fingerprint density at radius 2 is 1.57 bits per heavy atom. The SMILES string of the molecule is CCCCC(CC)CCC(N)(CC(CC)CCCC)n1nnc2ccccc21. The lowest BCUT2D eigenvalue weighted by atomic mass is 9.83. The lowest BCUT2D eigenvalue weighted by Crippen LogP contribution is -2.46. The van der Waals surface area contributed by atoms with Gasteiger partial charge in [0.15, 0.2) is 0 Å². The Labute approximate surface area is 172 Å². The van der Waals surface area contributed by atoms with Gasteiger partial charge < -0.3 is 5.73 Å². The summed E-state index contributed by atoms with van der Waals surface area (Å²) in [5, 5.41) is 8.95. The predicted molar refractivity (Wildman–Crippen MR) is 120 cm³/mol. The molecule has 158 valence electrons. The molecule has 3 unspecified atom stereocenters. The molecule has 0 bridgehead atoms. The van der Waals surface area contributed by atoms with Gasteiger partial charge in [0, 0.05) is 0 Å². The zero-order chi connectivity index (χ0) is 20.4. The van der Waals surface area contributed by atoms with Crippen LogP contribution in [0.5, 0.6) is 0 Å². The highest BCUT2D eigenvalue weighted by atomic mass is 15.5. The summed E-state index contributed by atoms with van der Waals surface area (Å²) < 4.78 is 2.05. The fourth-order valence-electron chi connectivity index (χ4n) is 4.43. The Morgan fingerprint density at radius 3 is 2.21 bits per heavy atom. The van der Waals surface area contributed by atoms with E-state index in [0.717, 1.165) is 29.8 Å². The first-order valence-electron chi connectivity index (χ1n) is 11.7. The van der Waals surface area contributed by atoms with Crippen LogP contribution in [0.4, 0.5) is 0 Å². The van der Waals surface area contributed by atoms with E-state index < -0.39 is 5.66 Å². The number of hydrogen-bond acceptors (Lipinski definition) is 3. The van der Waals surface area contributed by atoms with Gasteiger partial charge in [-0.3, -0.25) is 0 Å². The molecule has 0 spiro atoms. The van der Waals surface area contributed by atoms with Crippen LogP contribution in [0.3, 0.4) is 0 Å². The van der Waals surface area contributed by atoms with Gasteiger partial charge in [0.1, 0.15) is 11.2 Å². The predicted octanol–water partition coefficient (Wildman–Crippen LogP) is 6.65. The highest BCUT2D eigenvalue weighted by Gasteiger charge is 2.33. The lowest BCUT2D eigenvalue weighted by Gasteiger charge is -2.35. The molecule has 3 atom stereocenters. The number of nitrogens with zero attached hydrogens (tertiary/aromatic N) is 3. The summed E-state index contributed by atoms with van der Waals surface area (Å²) in [5.41, 5.74) is 8.72. The van der Waals surface area contributed by atoms with Crippen molar-refractivity contribution in [2.75, 3.05) is 0 Å². The van der Waals surface area contributed by atoms with Crippen LogP contribution in [0.1, 0.15) is 98.3 Å². The van der Waals surface area contributed by atoms with Crippen molar-refractivity contribution in [1.82, 2.24) is 15.0 Å². The molecule has 1 aromatic carbocycles. The summed E-state index contributed by atoms with van der Waals surface area (Å²) in [4.78, 5) is 0. The minimum Gasteiger partial charge on any atom is -0.307 e. The van der Waals surface area contributed by atoms with E-state index in [1.165, 1.54) is 57.8 Å². The zero-order valence-corrected chi connectivity index (χ0v) is 18.7. The van der Waals surface area contributed by atoms with E-state index in [0.29, 0.717) is 5.92 Å². The van der Waals surface area contributed by atoms with E-state index >= 15 is 0 Å². The smallest absolute Gasteiger partial charge is 0.113 e. The Kier molecular flexibility index (Phi) is 9.43. The van der Waals surface area contributed by atoms with E-state index in [1.807, 2.05) is 16.8 Å². The van der Waals surface area contributed by atoms with Crippen LogP contribution in [0.25, 0.3) is 11.0 Å². The minimum absolute atomic E-state index is 0.454. The molecule has 2 aromatic rings. The Bertz CT molecular complexity index is 680. The molecule has 0 saturated heterocycles. The van der Waals surface area contributed by atoms with Crippen LogP contribution in [0, 0.1) is 11.8 Å². The van der Waals surface area contributed by atoms with Gasteiger partial charge in [0.25, 0.3) is 0 Å². The molecule has 0 aliphatic heterocycles. The molecule has 0 radical (unpaired) electrons. The monoisotopic (exact) mass is 386 g/mol. The van der Waals surface area contributed by atoms with Crippen molar-refractivity contribution in [1.29, 1.82) is 0 Å². The van der Waals surface area contributed by atoms with Crippen molar-refractivity contribution in [3.8, 4) is 0 Å². The van der Waals surface area contributed by atoms with E-state index in [9.17, 15) is 0 Å². The molecule has 0 aliphatic carbocycles. The van der Waals surface area contributed by atoms with Crippen LogP contribution < -0.4 is 5.73 Å². The second-order valence-corrected chi connectivity index (χ2v) is 8.67. The average molecular weight is 387 g/mol. The quantitative estimate of drug-likeness (QED) is 0.395. The van der Waals surface area contributed by atoms with Gasteiger partial charge in [-0.2, -0.15) is 0 Å². The van der Waals surface area contributed by atoms with Crippen molar-refractivity contribution < 1.29 is 0 Å². The topological polar surface area (TPSA) is 56.7 Å². The number of aromatic nitrogens is 3. The van der Waals surface area contributed by atoms with Crippen molar-refractivity contribution >= 4 is 11.0 Å². The average Bonchev–Trinajstić information content (AvgIpc) is 3.16. The highest BCUT2D eigenvalue weighted by Crippen LogP contribution is 2.33. The van der Waals surface area contributed by atoms with Crippen molar-refractivity contribution in [3.05, 3.63) is 24.3 Å². The van der Waals surface area contributed by atoms with Crippen LogP contribution >= 0.6 is 0 Å². The van der Waals surface area contributed by atoms with Crippen LogP contribution in [0.2, 0.25) is 0 Å². The Hall–Kier alpha value is -1.42. The molecule has 28 heavy (non-hydrogen) atoms. The van der Waals surface area contributed by atoms with Gasteiger partial charge in [0.2, 0.25) is 0 Å². The largest absolute Gasteiger partial charge is 0.307 e. The highest BCUT2D eigenvalue weighted by molar-refractivity contribution is 5.74. The molecular formula is C24H42N4. The second kappa shape index (κ2) is 11.5. The Morgan fingerprint density at radius 1 is 0.929 bits per heavy atom. The summed E-state index contributed by atoms with van der Waals surface area (Å²) in [5.74, 6) is 1.40. The van der Waals surface area contributed by atoms with E-state index in [4.69, 9.17) is 5.73 Å². The molecule has 0 fully saturated rings. The molecule has 0 aliphatic rings. The first kappa shape index (κ1) is 22.9. The van der Waals surface area contributed by atoms with Gasteiger partial charge in [-0.1, -0.05) is 96.4 Å². The molecule has 1 aromatic heterocycles. The van der Waals surface area contributed by atoms with Crippen LogP contribution in [-0.2, 0) is 5.66 Å². The fraction of sp³-hybridized carbons (Fsp3) is 0.750. The normalized spacial score (nSPS) is 16.2. The maximum absolute atomic E-state index is 7.17. The number of nitrogens with two attached hydrogens (primary N) is 1. The molecule has 4 heteroatoms. The van der Waals surface area contributed by atoms with Gasteiger partial charge in [-0.15, -0.1) is 5.10 Å². The third-order valence-corrected chi connectivity index (χ3v) is 6.49. The van der Waals surface area contributed by atoms with Crippen LogP contribution in [0.15, 0.2) is 24.3 Å². The molecule has 1 heterocycles. The maximum Gasteiger partial charge on any atom is 0.113 e. The number of fused-ring (bicyclic) bond motifs is 1. The van der Waals surface area contributed by atoms with Crippen molar-refractivity contribution in [2.45, 2.75) is 104 Å². The number of rotatable bonds is 14. The van der Waals surface area contributed by atoms with E-state index in [1.54, 1.807) is 0 Å². The molecule has 0 amide bonds. The number of hydrogen-bond donors (Lipinski definition) is 1. The lowest BCUT2D eigenvalue weighted by molar-refractivity contribution is 0.163.